The monoisotopic (exact) mass is 537 g/mol. The average Bonchev–Trinajstić information content (AvgIpc) is 3.02. The number of esters is 1. The van der Waals surface area contributed by atoms with Crippen LogP contribution in [0.1, 0.15) is 13.8 Å². The van der Waals surface area contributed by atoms with Crippen LogP contribution in [0.4, 0.5) is 21.0 Å². The van der Waals surface area contributed by atoms with Crippen molar-refractivity contribution in [2.24, 2.45) is 0 Å². The van der Waals surface area contributed by atoms with Crippen molar-refractivity contribution in [3.63, 3.8) is 0 Å². The number of ether oxygens (including phenoxy) is 1. The van der Waals surface area contributed by atoms with Crippen LogP contribution in [0.3, 0.4) is 0 Å². The third kappa shape index (κ3) is 5.81. The minimum atomic E-state index is -1.29. The van der Waals surface area contributed by atoms with Crippen LogP contribution >= 0.6 is 23.2 Å². The summed E-state index contributed by atoms with van der Waals surface area (Å²) in [6.07, 6.45) is -1.28. The molecule has 0 bridgehead atoms. The number of nitrogens with zero attached hydrogens (tertiary/aromatic N) is 3. The van der Waals surface area contributed by atoms with Gasteiger partial charge in [0.15, 0.2) is 6.17 Å². The van der Waals surface area contributed by atoms with E-state index in [2.05, 4.69) is 15.4 Å². The smallest absolute Gasteiger partial charge is 0.347 e. The van der Waals surface area contributed by atoms with E-state index in [4.69, 9.17) is 23.2 Å². The fraction of sp³-hybridized carbons (Fsp3) is 0.304. The number of urea groups is 2. The highest BCUT2D eigenvalue weighted by Crippen LogP contribution is 2.38. The Balaban J connectivity index is 1.93. The van der Waals surface area contributed by atoms with Crippen LogP contribution in [0, 0.1) is 0 Å². The van der Waals surface area contributed by atoms with Crippen LogP contribution in [0.15, 0.2) is 48.5 Å². The van der Waals surface area contributed by atoms with Crippen LogP contribution in [-0.4, -0.2) is 71.0 Å². The minimum Gasteiger partial charge on any atom is -0.468 e. The Bertz CT molecular complexity index is 1180. The predicted octanol–water partition coefficient (Wildman–Crippen LogP) is 3.55. The molecule has 1 fully saturated rings. The predicted molar refractivity (Wildman–Crippen MR) is 133 cm³/mol. The number of benzene rings is 2. The lowest BCUT2D eigenvalue weighted by molar-refractivity contribution is -0.141. The number of nitrogens with one attached hydrogen (secondary N) is 2. The molecule has 11 nitrogen and oxygen atoms in total. The number of anilines is 2. The zero-order valence-electron chi connectivity index (χ0n) is 19.7. The minimum absolute atomic E-state index is 0.289. The molecule has 2 aromatic carbocycles. The first-order valence-corrected chi connectivity index (χ1v) is 11.5. The molecule has 5 amide bonds. The summed E-state index contributed by atoms with van der Waals surface area (Å²) in [6.45, 7) is 2.33. The summed E-state index contributed by atoms with van der Waals surface area (Å²) >= 11 is 12.1. The summed E-state index contributed by atoms with van der Waals surface area (Å²) < 4.78 is 4.50. The molecule has 13 heteroatoms. The molecule has 1 heterocycles. The Labute approximate surface area is 217 Å². The van der Waals surface area contributed by atoms with Gasteiger partial charge in [-0.25, -0.2) is 9.59 Å². The number of hydrogen-bond donors (Lipinski definition) is 3. The molecule has 1 saturated heterocycles. The second kappa shape index (κ2) is 11.0. The van der Waals surface area contributed by atoms with Crippen molar-refractivity contribution in [1.82, 2.24) is 15.3 Å². The van der Waals surface area contributed by atoms with E-state index in [1.807, 2.05) is 0 Å². The molecule has 0 spiro atoms. The van der Waals surface area contributed by atoms with Crippen LogP contribution in [0.2, 0.25) is 10.0 Å². The van der Waals surface area contributed by atoms with Gasteiger partial charge in [-0.3, -0.25) is 19.7 Å². The van der Waals surface area contributed by atoms with Gasteiger partial charge in [0.1, 0.15) is 13.1 Å². The second-order valence-electron chi connectivity index (χ2n) is 8.38. The number of halogens is 2. The van der Waals surface area contributed by atoms with E-state index in [0.29, 0.717) is 20.8 Å². The first-order valence-electron chi connectivity index (χ1n) is 10.7. The summed E-state index contributed by atoms with van der Waals surface area (Å²) in [5.74, 6) is -1.30. The number of rotatable bonds is 7. The van der Waals surface area contributed by atoms with Gasteiger partial charge in [-0.2, -0.15) is 5.06 Å². The van der Waals surface area contributed by atoms with E-state index in [1.165, 1.54) is 24.1 Å². The molecule has 1 aliphatic rings. The lowest BCUT2D eigenvalue weighted by Gasteiger charge is -2.38. The summed E-state index contributed by atoms with van der Waals surface area (Å²) in [5, 5.41) is 17.0. The normalized spacial score (nSPS) is 16.5. The zero-order chi connectivity index (χ0) is 26.6. The highest BCUT2D eigenvalue weighted by Gasteiger charge is 2.56. The first kappa shape index (κ1) is 27.1. The Morgan fingerprint density at radius 1 is 1.11 bits per heavy atom. The molecule has 0 unspecified atom stereocenters. The van der Waals surface area contributed by atoms with Gasteiger partial charge >= 0.3 is 18.0 Å². The zero-order valence-corrected chi connectivity index (χ0v) is 21.2. The number of carbonyl (C=O) groups is 4. The highest BCUT2D eigenvalue weighted by molar-refractivity contribution is 6.31. The fourth-order valence-corrected chi connectivity index (χ4v) is 4.17. The molecule has 1 aliphatic heterocycles. The first-order chi connectivity index (χ1) is 16.9. The van der Waals surface area contributed by atoms with E-state index in [-0.39, 0.29) is 12.2 Å². The van der Waals surface area contributed by atoms with Gasteiger partial charge in [0.05, 0.1) is 12.6 Å². The van der Waals surface area contributed by atoms with Crippen LogP contribution in [-0.2, 0) is 14.3 Å². The number of carbonyl (C=O) groups excluding carboxylic acids is 4. The maximum atomic E-state index is 13.6. The molecular formula is C23H25Cl2N5O6. The Morgan fingerprint density at radius 2 is 1.75 bits per heavy atom. The van der Waals surface area contributed by atoms with Gasteiger partial charge in [-0.05, 0) is 50.2 Å². The van der Waals surface area contributed by atoms with E-state index in [0.717, 1.165) is 4.90 Å². The molecule has 192 valence electrons. The molecule has 0 radical (unpaired) electrons. The number of methoxy groups -OCH3 is 1. The summed E-state index contributed by atoms with van der Waals surface area (Å²) in [4.78, 5) is 52.8. The third-order valence-corrected chi connectivity index (χ3v) is 6.04. The molecule has 2 aromatic rings. The maximum absolute atomic E-state index is 13.6. The fourth-order valence-electron chi connectivity index (χ4n) is 3.79. The number of hydrogen-bond acceptors (Lipinski definition) is 6. The van der Waals surface area contributed by atoms with Crippen molar-refractivity contribution < 1.29 is 29.1 Å². The standard InChI is InChI=1S/C23H25Cl2N5O6/c1-23(2)20(30(35)21(33)27-16-8-4-6-14(24)10-16)29(17-9-5-7-15(25)11-17)22(34)28(23)13-18(31)26-12-19(32)36-3/h4-11,20,35H,12-13H2,1-3H3,(H,26,31)(H,27,33)/t20-/m1/s1. The third-order valence-electron chi connectivity index (χ3n) is 5.57. The van der Waals surface area contributed by atoms with Crippen LogP contribution in [0.25, 0.3) is 0 Å². The second-order valence-corrected chi connectivity index (χ2v) is 9.26. The van der Waals surface area contributed by atoms with Crippen molar-refractivity contribution >= 4 is 58.5 Å². The number of hydroxylamine groups is 2. The maximum Gasteiger partial charge on any atom is 0.347 e. The molecule has 3 rings (SSSR count). The topological polar surface area (TPSA) is 132 Å². The van der Waals surface area contributed by atoms with Crippen molar-refractivity contribution in [3.05, 3.63) is 58.6 Å². The SMILES string of the molecule is COC(=O)CNC(=O)CN1C(=O)N(c2cccc(Cl)c2)[C@H](N(O)C(=O)Nc2cccc(Cl)c2)C1(C)C. The summed E-state index contributed by atoms with van der Waals surface area (Å²) in [6, 6.07) is 11.0. The van der Waals surface area contributed by atoms with Crippen molar-refractivity contribution in [3.8, 4) is 0 Å². The van der Waals surface area contributed by atoms with Crippen molar-refractivity contribution in [2.75, 3.05) is 30.4 Å². The lowest BCUT2D eigenvalue weighted by atomic mass is 9.99. The van der Waals surface area contributed by atoms with Gasteiger partial charge in [0.2, 0.25) is 5.91 Å². The van der Waals surface area contributed by atoms with E-state index >= 15 is 0 Å². The summed E-state index contributed by atoms with van der Waals surface area (Å²) in [5.41, 5.74) is -0.678. The van der Waals surface area contributed by atoms with Gasteiger partial charge in [-0.15, -0.1) is 0 Å². The van der Waals surface area contributed by atoms with Crippen LogP contribution in [0.5, 0.6) is 0 Å². The van der Waals surface area contributed by atoms with Gasteiger partial charge in [0, 0.05) is 21.4 Å². The van der Waals surface area contributed by atoms with Crippen LogP contribution < -0.4 is 15.5 Å². The van der Waals surface area contributed by atoms with E-state index in [1.54, 1.807) is 50.2 Å². The van der Waals surface area contributed by atoms with Crippen molar-refractivity contribution in [1.29, 1.82) is 0 Å². The summed E-state index contributed by atoms with van der Waals surface area (Å²) in [7, 11) is 1.18. The van der Waals surface area contributed by atoms with Gasteiger partial charge in [-0.1, -0.05) is 35.3 Å². The molecule has 0 aliphatic carbocycles. The van der Waals surface area contributed by atoms with E-state index in [9.17, 15) is 24.4 Å². The number of amides is 5. The Kier molecular flexibility index (Phi) is 8.28. The highest BCUT2D eigenvalue weighted by atomic mass is 35.5. The Hall–Kier alpha value is -3.54. The molecule has 0 aromatic heterocycles. The lowest BCUT2D eigenvalue weighted by Crippen LogP contribution is -2.58. The molecular weight excluding hydrogens is 513 g/mol. The Morgan fingerprint density at radius 3 is 2.36 bits per heavy atom. The average molecular weight is 538 g/mol. The van der Waals surface area contributed by atoms with E-state index < -0.39 is 42.2 Å². The molecule has 3 N–H and O–H groups in total. The molecule has 1 atom stereocenters. The molecule has 36 heavy (non-hydrogen) atoms. The largest absolute Gasteiger partial charge is 0.468 e. The van der Waals surface area contributed by atoms with Gasteiger partial charge < -0.3 is 20.3 Å². The molecule has 0 saturated carbocycles. The van der Waals surface area contributed by atoms with Gasteiger partial charge in [0.25, 0.3) is 0 Å². The quantitative estimate of drug-likeness (QED) is 0.281. The van der Waals surface area contributed by atoms with Crippen molar-refractivity contribution in [2.45, 2.75) is 25.6 Å².